The van der Waals surface area contributed by atoms with Gasteiger partial charge in [0.1, 0.15) is 17.1 Å². The summed E-state index contributed by atoms with van der Waals surface area (Å²) in [5.41, 5.74) is -0.678. The van der Waals surface area contributed by atoms with Crippen LogP contribution in [0.3, 0.4) is 0 Å². The van der Waals surface area contributed by atoms with Crippen molar-refractivity contribution in [1.82, 2.24) is 0 Å². The molecule has 1 atom stereocenters. The van der Waals surface area contributed by atoms with Crippen molar-refractivity contribution < 1.29 is 46.5 Å². The zero-order valence-corrected chi connectivity index (χ0v) is 22.2. The van der Waals surface area contributed by atoms with Crippen LogP contribution in [0, 0.1) is 0 Å². The minimum atomic E-state index is -5.01. The summed E-state index contributed by atoms with van der Waals surface area (Å²) >= 11 is 0. The van der Waals surface area contributed by atoms with E-state index >= 15 is 0 Å². The van der Waals surface area contributed by atoms with Crippen molar-refractivity contribution in [1.29, 1.82) is 0 Å². The Hall–Kier alpha value is -2.76. The van der Waals surface area contributed by atoms with Crippen LogP contribution in [0.2, 0.25) is 0 Å². The first-order valence-electron chi connectivity index (χ1n) is 11.1. The second kappa shape index (κ2) is 12.2. The van der Waals surface area contributed by atoms with E-state index in [9.17, 15) is 13.0 Å². The SMILES string of the molecule is COc1ccc(C(OCCS(=O)(=O)C(C)OOP(=O)(O)O)(c2ccccc2)c2ccc(OC)cc2)cc1. The maximum atomic E-state index is 12.7. The molecular formula is C25H29O10PS. The average molecular weight is 553 g/mol. The van der Waals surface area contributed by atoms with Gasteiger partial charge in [0.15, 0.2) is 15.3 Å². The molecule has 3 aromatic rings. The van der Waals surface area contributed by atoms with Crippen LogP contribution in [0.1, 0.15) is 23.6 Å². The normalized spacial score (nSPS) is 13.2. The summed E-state index contributed by atoms with van der Waals surface area (Å²) < 4.78 is 57.3. The third-order valence-electron chi connectivity index (χ3n) is 5.64. The van der Waals surface area contributed by atoms with Crippen LogP contribution in [0.25, 0.3) is 0 Å². The van der Waals surface area contributed by atoms with Gasteiger partial charge < -0.3 is 24.0 Å². The molecule has 10 nitrogen and oxygen atoms in total. The highest BCUT2D eigenvalue weighted by atomic mass is 32.2. The number of rotatable bonds is 13. The van der Waals surface area contributed by atoms with Crippen molar-refractivity contribution >= 4 is 17.7 Å². The fourth-order valence-corrected chi connectivity index (χ4v) is 4.83. The first-order valence-corrected chi connectivity index (χ1v) is 14.4. The van der Waals surface area contributed by atoms with E-state index in [1.807, 2.05) is 54.6 Å². The molecule has 3 rings (SSSR count). The van der Waals surface area contributed by atoms with Gasteiger partial charge in [0, 0.05) is 0 Å². The lowest BCUT2D eigenvalue weighted by Gasteiger charge is -2.36. The number of hydrogen-bond acceptors (Lipinski definition) is 8. The summed E-state index contributed by atoms with van der Waals surface area (Å²) in [6, 6.07) is 23.8. The predicted molar refractivity (Wildman–Crippen MR) is 136 cm³/mol. The molecule has 0 bridgehead atoms. The molecule has 3 aromatic carbocycles. The summed E-state index contributed by atoms with van der Waals surface area (Å²) in [6.07, 6.45) is 0. The molecular weight excluding hydrogens is 523 g/mol. The molecule has 0 heterocycles. The molecule has 1 unspecified atom stereocenters. The second-order valence-corrected chi connectivity index (χ2v) is 11.5. The molecule has 0 aliphatic carbocycles. The summed E-state index contributed by atoms with van der Waals surface area (Å²) in [5.74, 6) is 0.762. The molecule has 2 N–H and O–H groups in total. The van der Waals surface area contributed by atoms with Gasteiger partial charge in [0.05, 0.1) is 26.6 Å². The van der Waals surface area contributed by atoms with E-state index in [0.29, 0.717) is 11.5 Å². The second-order valence-electron chi connectivity index (χ2n) is 7.95. The van der Waals surface area contributed by atoms with E-state index in [4.69, 9.17) is 24.0 Å². The minimum Gasteiger partial charge on any atom is -0.497 e. The Kier molecular flexibility index (Phi) is 9.49. The van der Waals surface area contributed by atoms with E-state index in [1.54, 1.807) is 38.5 Å². The largest absolute Gasteiger partial charge is 0.497 e. The van der Waals surface area contributed by atoms with E-state index in [0.717, 1.165) is 23.6 Å². The van der Waals surface area contributed by atoms with E-state index in [-0.39, 0.29) is 6.61 Å². The first kappa shape index (κ1) is 28.8. The highest BCUT2D eigenvalue weighted by Crippen LogP contribution is 2.42. The van der Waals surface area contributed by atoms with Gasteiger partial charge in [-0.1, -0.05) is 54.6 Å². The summed E-state index contributed by atoms with van der Waals surface area (Å²) in [4.78, 5) is 22.0. The topological polar surface area (TPSA) is 138 Å². The van der Waals surface area contributed by atoms with Gasteiger partial charge in [-0.2, -0.15) is 0 Å². The van der Waals surface area contributed by atoms with Crippen LogP contribution >= 0.6 is 7.82 Å². The van der Waals surface area contributed by atoms with Gasteiger partial charge in [-0.15, -0.1) is 4.67 Å². The molecule has 0 radical (unpaired) electrons. The van der Waals surface area contributed by atoms with Gasteiger partial charge in [0.2, 0.25) is 0 Å². The smallest absolute Gasteiger partial charge is 0.496 e. The lowest BCUT2D eigenvalue weighted by Crippen LogP contribution is -2.35. The van der Waals surface area contributed by atoms with Gasteiger partial charge in [-0.3, -0.25) is 0 Å². The van der Waals surface area contributed by atoms with Crippen LogP contribution < -0.4 is 9.47 Å². The Bertz CT molecular complexity index is 1240. The van der Waals surface area contributed by atoms with Crippen molar-refractivity contribution in [2.24, 2.45) is 0 Å². The Labute approximate surface area is 215 Å². The lowest BCUT2D eigenvalue weighted by molar-refractivity contribution is -0.231. The van der Waals surface area contributed by atoms with Crippen LogP contribution in [0.5, 0.6) is 11.5 Å². The molecule has 12 heteroatoms. The molecule has 0 fully saturated rings. The molecule has 0 amide bonds. The van der Waals surface area contributed by atoms with Gasteiger partial charge in [-0.25, -0.2) is 17.9 Å². The Morgan fingerprint density at radius 1 is 0.811 bits per heavy atom. The van der Waals surface area contributed by atoms with Crippen molar-refractivity contribution in [3.8, 4) is 11.5 Å². The fraction of sp³-hybridized carbons (Fsp3) is 0.280. The van der Waals surface area contributed by atoms with E-state index in [2.05, 4.69) is 9.56 Å². The standard InChI is InChI=1S/C25H29O10PS/c1-19(34-35-36(26,27)28)37(29,30)18-17-33-25(20-7-5-4-6-8-20,21-9-13-23(31-2)14-10-21)22-11-15-24(32-3)16-12-22/h4-16,19H,17-18H2,1-3H3,(H2,26,27,28). The molecule has 0 aliphatic heterocycles. The lowest BCUT2D eigenvalue weighted by atomic mass is 9.80. The summed E-state index contributed by atoms with van der Waals surface area (Å²) in [6.45, 7) is 0.835. The zero-order chi connectivity index (χ0) is 27.1. The molecule has 37 heavy (non-hydrogen) atoms. The van der Waals surface area contributed by atoms with Gasteiger partial charge in [-0.05, 0) is 47.9 Å². The van der Waals surface area contributed by atoms with Crippen LogP contribution in [-0.4, -0.2) is 50.2 Å². The Morgan fingerprint density at radius 3 is 1.70 bits per heavy atom. The molecule has 0 aromatic heterocycles. The van der Waals surface area contributed by atoms with Gasteiger partial charge >= 0.3 is 7.82 Å². The molecule has 0 saturated heterocycles. The molecule has 0 aliphatic rings. The Morgan fingerprint density at radius 2 is 1.27 bits per heavy atom. The van der Waals surface area contributed by atoms with Crippen molar-refractivity contribution in [2.45, 2.75) is 18.0 Å². The highest BCUT2D eigenvalue weighted by Gasteiger charge is 2.38. The number of methoxy groups -OCH3 is 2. The van der Waals surface area contributed by atoms with Crippen LogP contribution in [0.15, 0.2) is 78.9 Å². The van der Waals surface area contributed by atoms with Gasteiger partial charge in [0.25, 0.3) is 0 Å². The predicted octanol–water partition coefficient (Wildman–Crippen LogP) is 3.81. The minimum absolute atomic E-state index is 0.279. The van der Waals surface area contributed by atoms with Crippen molar-refractivity contribution in [2.75, 3.05) is 26.6 Å². The number of ether oxygens (including phenoxy) is 3. The highest BCUT2D eigenvalue weighted by molar-refractivity contribution is 7.91. The monoisotopic (exact) mass is 552 g/mol. The molecule has 0 spiro atoms. The van der Waals surface area contributed by atoms with Crippen molar-refractivity contribution in [3.05, 3.63) is 95.6 Å². The van der Waals surface area contributed by atoms with Crippen molar-refractivity contribution in [3.63, 3.8) is 0 Å². The third kappa shape index (κ3) is 7.18. The van der Waals surface area contributed by atoms with E-state index < -0.39 is 34.4 Å². The fourth-order valence-electron chi connectivity index (χ4n) is 3.73. The number of hydrogen-bond donors (Lipinski definition) is 2. The summed E-state index contributed by atoms with van der Waals surface area (Å²) in [5, 5.41) is 0. The number of sulfone groups is 1. The number of benzene rings is 3. The van der Waals surface area contributed by atoms with Crippen LogP contribution in [-0.2, 0) is 34.3 Å². The Balaban J connectivity index is 2.02. The number of phosphoric acid groups is 1. The molecule has 200 valence electrons. The van der Waals surface area contributed by atoms with E-state index in [1.165, 1.54) is 0 Å². The van der Waals surface area contributed by atoms with Crippen LogP contribution in [0.4, 0.5) is 0 Å². The maximum Gasteiger partial charge on any atom is 0.496 e. The zero-order valence-electron chi connectivity index (χ0n) is 20.5. The summed E-state index contributed by atoms with van der Waals surface area (Å²) in [7, 11) is -5.92. The first-order chi connectivity index (χ1) is 17.5. The third-order valence-corrected chi connectivity index (χ3v) is 7.75. The quantitative estimate of drug-likeness (QED) is 0.139. The average Bonchev–Trinajstić information content (AvgIpc) is 2.90. The molecule has 0 saturated carbocycles. The maximum absolute atomic E-state index is 12.7.